The fraction of sp³-hybridized carbons (Fsp3) is 0.350. The molecule has 4 heterocycles. The van der Waals surface area contributed by atoms with E-state index in [4.69, 9.17) is 9.47 Å². The van der Waals surface area contributed by atoms with Crippen molar-refractivity contribution in [1.82, 2.24) is 40.4 Å². The Morgan fingerprint density at radius 1 is 0.704 bits per heavy atom. The summed E-state index contributed by atoms with van der Waals surface area (Å²) in [6, 6.07) is 14.4. The van der Waals surface area contributed by atoms with Gasteiger partial charge in [0.15, 0.2) is 0 Å². The number of carbonyl (C=O) groups excluding carboxylic acids is 4. The second-order valence-corrected chi connectivity index (χ2v) is 13.3. The maximum absolute atomic E-state index is 13.4. The van der Waals surface area contributed by atoms with Crippen LogP contribution in [0.3, 0.4) is 0 Å². The van der Waals surface area contributed by atoms with Crippen molar-refractivity contribution < 1.29 is 28.7 Å². The molecule has 2 aliphatic rings. The second kappa shape index (κ2) is 17.1. The van der Waals surface area contributed by atoms with Crippen LogP contribution in [0.5, 0.6) is 0 Å². The SMILES string of the molecule is C=CC[C@H](NC(=O)OC)C(=O)N1CCC[C@H]1c1ncc(-c2ccc(-c3ccc(-c4cnc([C@@H]5CCCN5C(=O)[C@H](CC=C)NC(=O)OC)[nH]4)cc3)cc2)[nH]1. The Morgan fingerprint density at radius 2 is 1.07 bits per heavy atom. The van der Waals surface area contributed by atoms with E-state index in [0.29, 0.717) is 37.6 Å². The topological polar surface area (TPSA) is 175 Å². The molecule has 4 atom stereocenters. The van der Waals surface area contributed by atoms with Gasteiger partial charge in [0, 0.05) is 13.1 Å². The van der Waals surface area contributed by atoms with E-state index >= 15 is 0 Å². The molecular formula is C40H46N8O6. The first-order valence-corrected chi connectivity index (χ1v) is 18.1. The summed E-state index contributed by atoms with van der Waals surface area (Å²) in [5.41, 5.74) is 5.70. The van der Waals surface area contributed by atoms with Crippen molar-refractivity contribution in [3.05, 3.63) is 97.9 Å². The number of alkyl carbamates (subject to hydrolysis) is 2. The third-order valence-corrected chi connectivity index (χ3v) is 9.97. The number of aromatic nitrogens is 4. The number of likely N-dealkylation sites (tertiary alicyclic amines) is 2. The molecule has 0 unspecified atom stereocenters. The Bertz CT molecular complexity index is 1830. The van der Waals surface area contributed by atoms with Crippen LogP contribution in [0.15, 0.2) is 86.2 Å². The molecule has 6 rings (SSSR count). The van der Waals surface area contributed by atoms with Crippen molar-refractivity contribution in [2.45, 2.75) is 62.7 Å². The van der Waals surface area contributed by atoms with Gasteiger partial charge in [-0.15, -0.1) is 13.2 Å². The van der Waals surface area contributed by atoms with Crippen molar-refractivity contribution >= 4 is 24.0 Å². The normalized spacial score (nSPS) is 17.7. The molecule has 14 heteroatoms. The summed E-state index contributed by atoms with van der Waals surface area (Å²) in [5.74, 6) is 1.01. The zero-order chi connectivity index (χ0) is 38.2. The summed E-state index contributed by atoms with van der Waals surface area (Å²) in [7, 11) is 2.53. The minimum Gasteiger partial charge on any atom is -0.453 e. The zero-order valence-electron chi connectivity index (χ0n) is 30.5. The van der Waals surface area contributed by atoms with Crippen LogP contribution in [0.4, 0.5) is 9.59 Å². The molecule has 4 amide bonds. The van der Waals surface area contributed by atoms with E-state index in [-0.39, 0.29) is 23.9 Å². The third-order valence-electron chi connectivity index (χ3n) is 9.97. The number of rotatable bonds is 13. The number of imidazole rings is 2. The first kappa shape index (κ1) is 37.6. The van der Waals surface area contributed by atoms with E-state index in [0.717, 1.165) is 59.3 Å². The second-order valence-electron chi connectivity index (χ2n) is 13.3. The van der Waals surface area contributed by atoms with Crippen LogP contribution < -0.4 is 10.6 Å². The van der Waals surface area contributed by atoms with E-state index in [9.17, 15) is 19.2 Å². The van der Waals surface area contributed by atoms with Gasteiger partial charge >= 0.3 is 12.2 Å². The van der Waals surface area contributed by atoms with Crippen LogP contribution in [0.2, 0.25) is 0 Å². The Morgan fingerprint density at radius 3 is 1.43 bits per heavy atom. The number of aromatic amines is 2. The fourth-order valence-corrected chi connectivity index (χ4v) is 7.20. The number of methoxy groups -OCH3 is 2. The lowest BCUT2D eigenvalue weighted by molar-refractivity contribution is -0.135. The first-order chi connectivity index (χ1) is 26.2. The van der Waals surface area contributed by atoms with Crippen molar-refractivity contribution in [3.8, 4) is 33.6 Å². The number of benzene rings is 2. The van der Waals surface area contributed by atoms with Crippen molar-refractivity contribution in [2.24, 2.45) is 0 Å². The van der Waals surface area contributed by atoms with Gasteiger partial charge in [-0.25, -0.2) is 19.6 Å². The van der Waals surface area contributed by atoms with Crippen molar-refractivity contribution in [3.63, 3.8) is 0 Å². The van der Waals surface area contributed by atoms with Gasteiger partial charge in [0.05, 0.1) is 50.1 Å². The van der Waals surface area contributed by atoms with Gasteiger partial charge in [-0.05, 0) is 60.8 Å². The summed E-state index contributed by atoms with van der Waals surface area (Å²) in [4.78, 5) is 70.2. The molecule has 0 aliphatic carbocycles. The molecule has 0 spiro atoms. The van der Waals surface area contributed by atoms with Crippen molar-refractivity contribution in [1.29, 1.82) is 0 Å². The van der Waals surface area contributed by atoms with Crippen LogP contribution in [-0.2, 0) is 19.1 Å². The average molecular weight is 735 g/mol. The minimum atomic E-state index is -0.761. The molecule has 2 saturated heterocycles. The fourth-order valence-electron chi connectivity index (χ4n) is 7.20. The Labute approximate surface area is 314 Å². The molecule has 4 N–H and O–H groups in total. The van der Waals surface area contributed by atoms with Crippen LogP contribution in [0, 0.1) is 0 Å². The molecule has 4 aromatic rings. The van der Waals surface area contributed by atoms with Crippen LogP contribution in [0.1, 0.15) is 62.3 Å². The smallest absolute Gasteiger partial charge is 0.407 e. The van der Waals surface area contributed by atoms with Gasteiger partial charge in [-0.1, -0.05) is 60.7 Å². The van der Waals surface area contributed by atoms with E-state index in [1.165, 1.54) is 14.2 Å². The summed E-state index contributed by atoms with van der Waals surface area (Å²) in [5, 5.41) is 5.24. The van der Waals surface area contributed by atoms with Gasteiger partial charge < -0.3 is 39.9 Å². The summed E-state index contributed by atoms with van der Waals surface area (Å²) in [6.07, 6.45) is 9.22. The van der Waals surface area contributed by atoms with E-state index in [1.807, 2.05) is 24.3 Å². The Kier molecular flexibility index (Phi) is 11.9. The lowest BCUT2D eigenvalue weighted by Crippen LogP contribution is -2.48. The van der Waals surface area contributed by atoms with Gasteiger partial charge in [-0.3, -0.25) is 9.59 Å². The number of ether oxygens (including phenoxy) is 2. The minimum absolute atomic E-state index is 0.194. The number of hydrogen-bond donors (Lipinski definition) is 4. The highest BCUT2D eigenvalue weighted by molar-refractivity contribution is 5.87. The quantitative estimate of drug-likeness (QED) is 0.120. The van der Waals surface area contributed by atoms with E-state index in [1.54, 1.807) is 34.3 Å². The molecule has 0 bridgehead atoms. The highest BCUT2D eigenvalue weighted by Gasteiger charge is 2.37. The Balaban J connectivity index is 1.10. The largest absolute Gasteiger partial charge is 0.453 e. The van der Waals surface area contributed by atoms with Gasteiger partial charge in [0.1, 0.15) is 23.7 Å². The van der Waals surface area contributed by atoms with Crippen LogP contribution >= 0.6 is 0 Å². The van der Waals surface area contributed by atoms with Gasteiger partial charge in [0.2, 0.25) is 11.8 Å². The molecule has 282 valence electrons. The summed E-state index contributed by atoms with van der Waals surface area (Å²) >= 11 is 0. The molecule has 14 nitrogen and oxygen atoms in total. The number of nitrogens with one attached hydrogen (secondary N) is 4. The average Bonchev–Trinajstić information content (AvgIpc) is 4.04. The lowest BCUT2D eigenvalue weighted by Gasteiger charge is -2.27. The number of H-pyrrole nitrogens is 2. The van der Waals surface area contributed by atoms with Crippen molar-refractivity contribution in [2.75, 3.05) is 27.3 Å². The molecular weight excluding hydrogens is 688 g/mol. The summed E-state index contributed by atoms with van der Waals surface area (Å²) in [6.45, 7) is 8.59. The lowest BCUT2D eigenvalue weighted by atomic mass is 10.0. The molecule has 2 fully saturated rings. The predicted molar refractivity (Wildman–Crippen MR) is 203 cm³/mol. The molecule has 54 heavy (non-hydrogen) atoms. The van der Waals surface area contributed by atoms with Gasteiger partial charge in [0.25, 0.3) is 0 Å². The van der Waals surface area contributed by atoms with E-state index < -0.39 is 24.3 Å². The maximum Gasteiger partial charge on any atom is 0.407 e. The van der Waals surface area contributed by atoms with Crippen LogP contribution in [0.25, 0.3) is 33.6 Å². The molecule has 0 radical (unpaired) electrons. The Hall–Kier alpha value is -6.18. The molecule has 2 aromatic carbocycles. The predicted octanol–water partition coefficient (Wildman–Crippen LogP) is 6.06. The number of hydrogen-bond acceptors (Lipinski definition) is 8. The zero-order valence-corrected chi connectivity index (χ0v) is 30.5. The number of nitrogens with zero attached hydrogens (tertiary/aromatic N) is 4. The highest BCUT2D eigenvalue weighted by atomic mass is 16.5. The summed E-state index contributed by atoms with van der Waals surface area (Å²) < 4.78 is 9.42. The van der Waals surface area contributed by atoms with E-state index in [2.05, 4.69) is 68.0 Å². The first-order valence-electron chi connectivity index (χ1n) is 18.1. The van der Waals surface area contributed by atoms with Crippen LogP contribution in [-0.4, -0.2) is 93.1 Å². The maximum atomic E-state index is 13.4. The third kappa shape index (κ3) is 8.22. The van der Waals surface area contributed by atoms with Gasteiger partial charge in [-0.2, -0.15) is 0 Å². The molecule has 0 saturated carbocycles. The molecule has 2 aliphatic heterocycles. The highest BCUT2D eigenvalue weighted by Crippen LogP contribution is 2.35. The molecule has 2 aromatic heterocycles. The standard InChI is InChI=1S/C40H46N8O6/c1-5-9-29(45-39(51)53-3)37(49)47-21-7-11-33(47)35-41-23-31(43-35)27-17-13-25(14-18-27)26-15-19-28(20-16-26)32-24-42-36(44-32)34-12-8-22-48(34)38(50)30(10-6-2)46-40(52)54-4/h5-6,13-20,23-24,29-30,33-34H,1-2,7-12,21-22H2,3-4H3,(H,41,43)(H,42,44)(H,45,51)(H,46,52)/t29-,30-,33-,34-/m0/s1. The number of carbonyl (C=O) groups is 4. The number of amides is 4. The monoisotopic (exact) mass is 734 g/mol.